The molecule has 2 aromatic rings. The molecule has 1 saturated heterocycles. The van der Waals surface area contributed by atoms with Crippen molar-refractivity contribution in [2.45, 2.75) is 45.8 Å². The molecule has 0 spiro atoms. The Morgan fingerprint density at radius 2 is 2.00 bits per heavy atom. The Balaban J connectivity index is 0.00000171. The van der Waals surface area contributed by atoms with Crippen molar-refractivity contribution in [1.29, 1.82) is 0 Å². The SMILES string of the molecule is COCCN(Cc1c(C)nn(C)c1C)Cc1ccc2n(c1=O)C[C@@H]1CNC[C@H]2C1.Cl.Cl. The first-order valence-corrected chi connectivity index (χ1v) is 10.6. The second kappa shape index (κ2) is 11.0. The second-order valence-electron chi connectivity index (χ2n) is 8.63. The van der Waals surface area contributed by atoms with Crippen molar-refractivity contribution < 1.29 is 4.74 Å². The molecule has 2 atom stereocenters. The van der Waals surface area contributed by atoms with Gasteiger partial charge in [0.1, 0.15) is 0 Å². The maximum atomic E-state index is 13.3. The number of hydrogen-bond donors (Lipinski definition) is 1. The zero-order valence-corrected chi connectivity index (χ0v) is 20.5. The van der Waals surface area contributed by atoms with Crippen LogP contribution in [0.3, 0.4) is 0 Å². The minimum Gasteiger partial charge on any atom is -0.383 e. The summed E-state index contributed by atoms with van der Waals surface area (Å²) in [6, 6.07) is 4.23. The van der Waals surface area contributed by atoms with Gasteiger partial charge in [-0.15, -0.1) is 24.8 Å². The Kier molecular flexibility index (Phi) is 9.15. The van der Waals surface area contributed by atoms with Gasteiger partial charge in [-0.2, -0.15) is 5.10 Å². The summed E-state index contributed by atoms with van der Waals surface area (Å²) in [5.74, 6) is 1.04. The standard InChI is InChI=1S/C22H33N5O2.2ClH/c1-15-20(16(2)25(3)24-15)14-26(7-8-29-4)13-18-5-6-21-19-9-17(10-23-11-19)12-27(21)22(18)28;;/h5-6,17,19,23H,7-14H2,1-4H3;2*1H/t17-,19+;;/m0../s1. The third-order valence-electron chi connectivity index (χ3n) is 6.63. The normalized spacial score (nSPS) is 19.5. The molecular formula is C22H35Cl2N5O2. The number of methoxy groups -OCH3 is 1. The minimum absolute atomic E-state index is 0. The maximum Gasteiger partial charge on any atom is 0.255 e. The van der Waals surface area contributed by atoms with Gasteiger partial charge in [0.15, 0.2) is 0 Å². The molecule has 1 N–H and O–H groups in total. The van der Waals surface area contributed by atoms with Gasteiger partial charge in [0, 0.05) is 75.3 Å². The quantitative estimate of drug-likeness (QED) is 0.671. The second-order valence-corrected chi connectivity index (χ2v) is 8.63. The average Bonchev–Trinajstić information content (AvgIpc) is 2.94. The summed E-state index contributed by atoms with van der Waals surface area (Å²) in [6.07, 6.45) is 1.20. The Morgan fingerprint density at radius 1 is 1.23 bits per heavy atom. The van der Waals surface area contributed by atoms with E-state index < -0.39 is 0 Å². The molecule has 0 saturated carbocycles. The minimum atomic E-state index is 0. The number of fused-ring (bicyclic) bond motifs is 4. The van der Waals surface area contributed by atoms with Crippen LogP contribution in [0.2, 0.25) is 0 Å². The van der Waals surface area contributed by atoms with Crippen LogP contribution in [0.5, 0.6) is 0 Å². The van der Waals surface area contributed by atoms with Crippen LogP contribution < -0.4 is 10.9 Å². The van der Waals surface area contributed by atoms with E-state index in [9.17, 15) is 4.79 Å². The summed E-state index contributed by atoms with van der Waals surface area (Å²) in [6.45, 7) is 9.81. The van der Waals surface area contributed by atoms with Crippen LogP contribution in [-0.2, 0) is 31.4 Å². The number of piperidine rings is 1. The van der Waals surface area contributed by atoms with Crippen molar-refractivity contribution in [3.05, 3.63) is 50.7 Å². The van der Waals surface area contributed by atoms with Gasteiger partial charge < -0.3 is 14.6 Å². The third-order valence-corrected chi connectivity index (χ3v) is 6.63. The molecule has 2 aliphatic heterocycles. The first kappa shape index (κ1) is 25.9. The van der Waals surface area contributed by atoms with E-state index in [4.69, 9.17) is 4.74 Å². The van der Waals surface area contributed by atoms with Crippen molar-refractivity contribution in [3.8, 4) is 0 Å². The van der Waals surface area contributed by atoms with Crippen molar-refractivity contribution in [1.82, 2.24) is 24.6 Å². The van der Waals surface area contributed by atoms with Gasteiger partial charge in [-0.25, -0.2) is 0 Å². The molecule has 0 unspecified atom stereocenters. The average molecular weight is 472 g/mol. The van der Waals surface area contributed by atoms with Crippen LogP contribution in [0.1, 0.15) is 40.5 Å². The number of halogens is 2. The maximum absolute atomic E-state index is 13.3. The van der Waals surface area contributed by atoms with Gasteiger partial charge in [0.25, 0.3) is 5.56 Å². The number of nitrogens with one attached hydrogen (secondary N) is 1. The van der Waals surface area contributed by atoms with Gasteiger partial charge in [0.2, 0.25) is 0 Å². The Labute approximate surface area is 197 Å². The number of ether oxygens (including phenoxy) is 1. The molecule has 4 rings (SSSR count). The molecule has 2 aromatic heterocycles. The number of hydrogen-bond acceptors (Lipinski definition) is 5. The van der Waals surface area contributed by atoms with Crippen LogP contribution in [-0.4, -0.2) is 52.6 Å². The van der Waals surface area contributed by atoms with E-state index in [2.05, 4.69) is 35.2 Å². The summed E-state index contributed by atoms with van der Waals surface area (Å²) in [5, 5.41) is 8.06. The Morgan fingerprint density at radius 3 is 2.68 bits per heavy atom. The van der Waals surface area contributed by atoms with E-state index in [1.807, 2.05) is 22.4 Å². The lowest BCUT2D eigenvalue weighted by atomic mass is 9.84. The highest BCUT2D eigenvalue weighted by molar-refractivity contribution is 5.85. The van der Waals surface area contributed by atoms with Crippen LogP contribution in [0.25, 0.3) is 0 Å². The molecule has 0 amide bonds. The van der Waals surface area contributed by atoms with Crippen molar-refractivity contribution >= 4 is 24.8 Å². The van der Waals surface area contributed by atoms with Gasteiger partial charge in [-0.05, 0) is 38.8 Å². The summed E-state index contributed by atoms with van der Waals surface area (Å²) >= 11 is 0. The molecule has 31 heavy (non-hydrogen) atoms. The highest BCUT2D eigenvalue weighted by atomic mass is 35.5. The fraction of sp³-hybridized carbons (Fsp3) is 0.636. The summed E-state index contributed by atoms with van der Waals surface area (Å²) in [5.41, 5.74) is 5.72. The van der Waals surface area contributed by atoms with E-state index in [0.717, 1.165) is 44.0 Å². The van der Waals surface area contributed by atoms with E-state index in [0.29, 0.717) is 25.0 Å². The molecule has 0 radical (unpaired) electrons. The molecule has 1 fully saturated rings. The highest BCUT2D eigenvalue weighted by Crippen LogP contribution is 2.31. The molecule has 0 aromatic carbocycles. The van der Waals surface area contributed by atoms with E-state index in [1.54, 1.807) is 7.11 Å². The predicted octanol–water partition coefficient (Wildman–Crippen LogP) is 2.40. The van der Waals surface area contributed by atoms with E-state index >= 15 is 0 Å². The Hall–Kier alpha value is -1.38. The fourth-order valence-corrected chi connectivity index (χ4v) is 4.90. The monoisotopic (exact) mass is 471 g/mol. The van der Waals surface area contributed by atoms with E-state index in [-0.39, 0.29) is 30.4 Å². The number of pyridine rings is 1. The molecule has 2 bridgehead atoms. The summed E-state index contributed by atoms with van der Waals surface area (Å²) in [4.78, 5) is 15.6. The van der Waals surface area contributed by atoms with Gasteiger partial charge in [0.05, 0.1) is 12.3 Å². The number of aryl methyl sites for hydroxylation is 2. The van der Waals surface area contributed by atoms with Gasteiger partial charge in [-0.3, -0.25) is 14.4 Å². The lowest BCUT2D eigenvalue weighted by molar-refractivity contribution is 0.139. The van der Waals surface area contributed by atoms with Crippen molar-refractivity contribution in [2.75, 3.05) is 33.4 Å². The zero-order valence-electron chi connectivity index (χ0n) is 18.9. The lowest BCUT2D eigenvalue weighted by Gasteiger charge is -2.37. The molecule has 4 heterocycles. The van der Waals surface area contributed by atoms with Crippen molar-refractivity contribution in [2.24, 2.45) is 13.0 Å². The molecule has 174 valence electrons. The highest BCUT2D eigenvalue weighted by Gasteiger charge is 2.31. The van der Waals surface area contributed by atoms with Crippen LogP contribution >= 0.6 is 24.8 Å². The molecule has 2 aliphatic rings. The van der Waals surface area contributed by atoms with E-state index in [1.165, 1.54) is 23.4 Å². The fourth-order valence-electron chi connectivity index (χ4n) is 4.90. The van der Waals surface area contributed by atoms with Gasteiger partial charge in [-0.1, -0.05) is 6.07 Å². The largest absolute Gasteiger partial charge is 0.383 e. The smallest absolute Gasteiger partial charge is 0.255 e. The lowest BCUT2D eigenvalue weighted by Crippen LogP contribution is -2.45. The van der Waals surface area contributed by atoms with Crippen LogP contribution in [0.4, 0.5) is 0 Å². The Bertz CT molecular complexity index is 943. The first-order valence-electron chi connectivity index (χ1n) is 10.6. The molecule has 9 heteroatoms. The third kappa shape index (κ3) is 5.34. The predicted molar refractivity (Wildman–Crippen MR) is 128 cm³/mol. The number of rotatable bonds is 7. The topological polar surface area (TPSA) is 64.3 Å². The number of aromatic nitrogens is 3. The van der Waals surface area contributed by atoms with Gasteiger partial charge >= 0.3 is 0 Å². The molecular weight excluding hydrogens is 437 g/mol. The van der Waals surface area contributed by atoms with Crippen molar-refractivity contribution in [3.63, 3.8) is 0 Å². The molecule has 0 aliphatic carbocycles. The van der Waals surface area contributed by atoms with Crippen LogP contribution in [0.15, 0.2) is 16.9 Å². The zero-order chi connectivity index (χ0) is 20.5. The van der Waals surface area contributed by atoms with Crippen LogP contribution in [0, 0.1) is 19.8 Å². The number of nitrogens with zero attached hydrogens (tertiary/aromatic N) is 4. The first-order chi connectivity index (χ1) is 14.0. The molecule has 7 nitrogen and oxygen atoms in total. The summed E-state index contributed by atoms with van der Waals surface area (Å²) in [7, 11) is 3.70. The summed E-state index contributed by atoms with van der Waals surface area (Å²) < 4.78 is 9.31.